The van der Waals surface area contributed by atoms with E-state index in [2.05, 4.69) is 0 Å². The van der Waals surface area contributed by atoms with Crippen molar-refractivity contribution in [1.82, 2.24) is 4.90 Å². The number of carbonyl (C=O) groups is 1. The molecule has 1 fully saturated rings. The number of nitrogens with two attached hydrogens (primary N) is 1. The van der Waals surface area contributed by atoms with Crippen LogP contribution in [0.2, 0.25) is 5.02 Å². The van der Waals surface area contributed by atoms with E-state index in [1.165, 1.54) is 18.2 Å². The minimum atomic E-state index is -0.578. The number of amides is 1. The summed E-state index contributed by atoms with van der Waals surface area (Å²) in [5.41, 5.74) is 7.22. The Hall–Kier alpha value is -2.11. The second-order valence-corrected chi connectivity index (χ2v) is 6.31. The van der Waals surface area contributed by atoms with Crippen LogP contribution in [0.3, 0.4) is 0 Å². The average Bonchev–Trinajstić information content (AvgIpc) is 2.98. The normalized spacial score (nSPS) is 20.2. The molecule has 126 valence electrons. The molecule has 4 nitrogen and oxygen atoms in total. The molecule has 3 rings (SSSR count). The quantitative estimate of drug-likeness (QED) is 0.927. The van der Waals surface area contributed by atoms with Gasteiger partial charge in [-0.15, -0.1) is 0 Å². The first-order valence-electron chi connectivity index (χ1n) is 7.63. The molecule has 0 aromatic heterocycles. The lowest BCUT2D eigenvalue weighted by Gasteiger charge is -2.17. The number of hydrogen-bond acceptors (Lipinski definition) is 3. The van der Waals surface area contributed by atoms with Crippen LogP contribution in [-0.4, -0.2) is 37.0 Å². The van der Waals surface area contributed by atoms with Crippen molar-refractivity contribution >= 4 is 17.5 Å². The summed E-state index contributed by atoms with van der Waals surface area (Å²) >= 11 is 5.88. The van der Waals surface area contributed by atoms with E-state index >= 15 is 0 Å². The van der Waals surface area contributed by atoms with Crippen molar-refractivity contribution in [2.75, 3.05) is 20.2 Å². The van der Waals surface area contributed by atoms with E-state index in [0.717, 1.165) is 11.3 Å². The van der Waals surface area contributed by atoms with Crippen LogP contribution in [0.5, 0.6) is 5.75 Å². The third kappa shape index (κ3) is 3.23. The Morgan fingerprint density at radius 2 is 1.96 bits per heavy atom. The number of carbonyl (C=O) groups excluding carboxylic acids is 1. The van der Waals surface area contributed by atoms with Gasteiger partial charge in [-0.1, -0.05) is 23.7 Å². The Morgan fingerprint density at radius 3 is 2.62 bits per heavy atom. The first-order valence-corrected chi connectivity index (χ1v) is 8.01. The van der Waals surface area contributed by atoms with Crippen LogP contribution < -0.4 is 10.5 Å². The molecule has 0 unspecified atom stereocenters. The molecule has 0 spiro atoms. The van der Waals surface area contributed by atoms with Gasteiger partial charge in [-0.25, -0.2) is 4.39 Å². The smallest absolute Gasteiger partial charge is 0.256 e. The molecular weight excluding hydrogens is 331 g/mol. The van der Waals surface area contributed by atoms with Gasteiger partial charge in [0.1, 0.15) is 11.6 Å². The van der Waals surface area contributed by atoms with Crippen molar-refractivity contribution < 1.29 is 13.9 Å². The molecule has 0 saturated carbocycles. The number of halogens is 2. The molecule has 2 aromatic rings. The lowest BCUT2D eigenvalue weighted by Crippen LogP contribution is -2.32. The zero-order valence-electron chi connectivity index (χ0n) is 13.2. The zero-order valence-corrected chi connectivity index (χ0v) is 14.0. The van der Waals surface area contributed by atoms with Gasteiger partial charge in [0.15, 0.2) is 0 Å². The van der Waals surface area contributed by atoms with Gasteiger partial charge in [0.2, 0.25) is 0 Å². The Kier molecular flexibility index (Phi) is 4.73. The zero-order chi connectivity index (χ0) is 17.3. The largest absolute Gasteiger partial charge is 0.497 e. The van der Waals surface area contributed by atoms with Gasteiger partial charge in [0, 0.05) is 30.1 Å². The summed E-state index contributed by atoms with van der Waals surface area (Å²) in [7, 11) is 1.61. The van der Waals surface area contributed by atoms with Gasteiger partial charge in [-0.2, -0.15) is 0 Å². The van der Waals surface area contributed by atoms with Crippen LogP contribution >= 0.6 is 11.6 Å². The summed E-state index contributed by atoms with van der Waals surface area (Å²) in [6.45, 7) is 0.819. The van der Waals surface area contributed by atoms with Crippen LogP contribution in [0, 0.1) is 5.82 Å². The van der Waals surface area contributed by atoms with Crippen LogP contribution in [0.4, 0.5) is 4.39 Å². The molecule has 1 aliphatic heterocycles. The molecule has 1 aliphatic rings. The molecule has 2 atom stereocenters. The third-order valence-electron chi connectivity index (χ3n) is 4.36. The summed E-state index contributed by atoms with van der Waals surface area (Å²) < 4.78 is 19.1. The number of benzene rings is 2. The van der Waals surface area contributed by atoms with Gasteiger partial charge < -0.3 is 15.4 Å². The van der Waals surface area contributed by atoms with Gasteiger partial charge in [-0.05, 0) is 35.9 Å². The van der Waals surface area contributed by atoms with Crippen LogP contribution in [0.15, 0.2) is 42.5 Å². The van der Waals surface area contributed by atoms with Crippen molar-refractivity contribution in [3.05, 3.63) is 64.4 Å². The van der Waals surface area contributed by atoms with E-state index in [1.807, 2.05) is 24.3 Å². The number of ether oxygens (including phenoxy) is 1. The first-order chi connectivity index (χ1) is 11.5. The first kappa shape index (κ1) is 16.7. The highest BCUT2D eigenvalue weighted by Gasteiger charge is 2.35. The third-order valence-corrected chi connectivity index (χ3v) is 4.59. The molecule has 24 heavy (non-hydrogen) atoms. The molecule has 6 heteroatoms. The molecule has 0 aliphatic carbocycles. The number of likely N-dealkylation sites (tertiary alicyclic amines) is 1. The number of methoxy groups -OCH3 is 1. The standard InChI is InChI=1S/C18H18ClFN2O2/c1-24-13-5-2-11(3-6-13)15-9-22(10-17(15)21)18(23)14-8-12(19)4-7-16(14)20/h2-8,15,17H,9-10,21H2,1H3/t15-,17+/m0/s1. The van der Waals surface area contributed by atoms with Gasteiger partial charge in [0.25, 0.3) is 5.91 Å². The maximum Gasteiger partial charge on any atom is 0.256 e. The fraction of sp³-hybridized carbons (Fsp3) is 0.278. The maximum atomic E-state index is 13.9. The highest BCUT2D eigenvalue weighted by Crippen LogP contribution is 2.29. The predicted octanol–water partition coefficient (Wildman–Crippen LogP) is 3.05. The van der Waals surface area contributed by atoms with E-state index in [4.69, 9.17) is 22.1 Å². The minimum absolute atomic E-state index is 0.00195. The summed E-state index contributed by atoms with van der Waals surface area (Å²) in [5, 5.41) is 0.329. The summed E-state index contributed by atoms with van der Waals surface area (Å²) in [6.07, 6.45) is 0. The fourth-order valence-electron chi connectivity index (χ4n) is 3.03. The highest BCUT2D eigenvalue weighted by molar-refractivity contribution is 6.31. The van der Waals surface area contributed by atoms with E-state index in [9.17, 15) is 9.18 Å². The van der Waals surface area contributed by atoms with Crippen LogP contribution in [0.1, 0.15) is 21.8 Å². The molecule has 2 aromatic carbocycles. The average molecular weight is 349 g/mol. The molecule has 2 N–H and O–H groups in total. The van der Waals surface area contributed by atoms with Gasteiger partial charge in [-0.3, -0.25) is 4.79 Å². The molecule has 1 amide bonds. The predicted molar refractivity (Wildman–Crippen MR) is 91.0 cm³/mol. The molecule has 1 saturated heterocycles. The summed E-state index contributed by atoms with van der Waals surface area (Å²) in [6, 6.07) is 11.4. The Morgan fingerprint density at radius 1 is 1.25 bits per heavy atom. The summed E-state index contributed by atoms with van der Waals surface area (Å²) in [5.74, 6) is -0.200. The van der Waals surface area contributed by atoms with Crippen molar-refractivity contribution in [3.63, 3.8) is 0 Å². The SMILES string of the molecule is COc1ccc([C@@H]2CN(C(=O)c3cc(Cl)ccc3F)C[C@H]2N)cc1. The molecular formula is C18H18ClFN2O2. The van der Waals surface area contributed by atoms with Crippen molar-refractivity contribution in [2.24, 2.45) is 5.73 Å². The number of hydrogen-bond donors (Lipinski definition) is 1. The van der Waals surface area contributed by atoms with Crippen LogP contribution in [0.25, 0.3) is 0 Å². The van der Waals surface area contributed by atoms with E-state index in [1.54, 1.807) is 12.0 Å². The maximum absolute atomic E-state index is 13.9. The fourth-order valence-corrected chi connectivity index (χ4v) is 3.20. The van der Waals surface area contributed by atoms with E-state index < -0.39 is 5.82 Å². The van der Waals surface area contributed by atoms with Gasteiger partial charge in [0.05, 0.1) is 12.7 Å². The molecule has 0 radical (unpaired) electrons. The van der Waals surface area contributed by atoms with E-state index in [0.29, 0.717) is 18.1 Å². The van der Waals surface area contributed by atoms with Crippen molar-refractivity contribution in [3.8, 4) is 5.75 Å². The molecule has 1 heterocycles. The van der Waals surface area contributed by atoms with Gasteiger partial charge >= 0.3 is 0 Å². The highest BCUT2D eigenvalue weighted by atomic mass is 35.5. The second kappa shape index (κ2) is 6.79. The summed E-state index contributed by atoms with van der Waals surface area (Å²) in [4.78, 5) is 14.2. The monoisotopic (exact) mass is 348 g/mol. The van der Waals surface area contributed by atoms with Crippen molar-refractivity contribution in [2.45, 2.75) is 12.0 Å². The Bertz CT molecular complexity index is 751. The van der Waals surface area contributed by atoms with Crippen molar-refractivity contribution in [1.29, 1.82) is 0 Å². The molecule has 0 bridgehead atoms. The topological polar surface area (TPSA) is 55.6 Å². The Labute approximate surface area is 145 Å². The lowest BCUT2D eigenvalue weighted by atomic mass is 9.95. The van der Waals surface area contributed by atoms with Crippen LogP contribution in [-0.2, 0) is 0 Å². The van der Waals surface area contributed by atoms with E-state index in [-0.39, 0.29) is 23.4 Å². The second-order valence-electron chi connectivity index (χ2n) is 5.88. The number of rotatable bonds is 3. The number of nitrogens with zero attached hydrogens (tertiary/aromatic N) is 1. The Balaban J connectivity index is 1.79. The minimum Gasteiger partial charge on any atom is -0.497 e. The lowest BCUT2D eigenvalue weighted by molar-refractivity contribution is 0.0784.